The van der Waals surface area contributed by atoms with Crippen LogP contribution in [0.25, 0.3) is 0 Å². The first-order chi connectivity index (χ1) is 6.23. The number of hydrogen-bond donors (Lipinski definition) is 0. The van der Waals surface area contributed by atoms with E-state index in [1.165, 1.54) is 25.7 Å². The van der Waals surface area contributed by atoms with Crippen molar-refractivity contribution < 1.29 is 0 Å². The summed E-state index contributed by atoms with van der Waals surface area (Å²) >= 11 is 0. The summed E-state index contributed by atoms with van der Waals surface area (Å²) in [4.78, 5) is 2.30. The second-order valence-corrected chi connectivity index (χ2v) is 4.72. The molecule has 0 aliphatic heterocycles. The van der Waals surface area contributed by atoms with Crippen molar-refractivity contribution in [2.75, 3.05) is 14.1 Å². The van der Waals surface area contributed by atoms with E-state index in [-0.39, 0.29) is 5.54 Å². The van der Waals surface area contributed by atoms with Crippen LogP contribution in [0.4, 0.5) is 0 Å². The molecule has 2 fully saturated rings. The number of rotatable bonds is 2. The third-order valence-corrected chi connectivity index (χ3v) is 4.14. The van der Waals surface area contributed by atoms with Crippen molar-refractivity contribution >= 4 is 0 Å². The van der Waals surface area contributed by atoms with Crippen molar-refractivity contribution in [3.63, 3.8) is 0 Å². The lowest BCUT2D eigenvalue weighted by molar-refractivity contribution is 0.239. The maximum atomic E-state index is 8.86. The Labute approximate surface area is 80.5 Å². The molecule has 13 heavy (non-hydrogen) atoms. The van der Waals surface area contributed by atoms with E-state index in [4.69, 9.17) is 5.26 Å². The molecule has 0 spiro atoms. The normalized spacial score (nSPS) is 42.6. The highest BCUT2D eigenvalue weighted by Crippen LogP contribution is 2.62. The molecule has 0 saturated heterocycles. The summed E-state index contributed by atoms with van der Waals surface area (Å²) in [5, 5.41) is 8.86. The van der Waals surface area contributed by atoms with Crippen LogP contribution in [0.5, 0.6) is 0 Å². The van der Waals surface area contributed by atoms with Gasteiger partial charge in [-0.15, -0.1) is 0 Å². The summed E-state index contributed by atoms with van der Waals surface area (Å²) in [6.45, 7) is 0. The Morgan fingerprint density at radius 2 is 1.85 bits per heavy atom. The molecular formula is C11H18N2. The average molecular weight is 178 g/mol. The van der Waals surface area contributed by atoms with Crippen LogP contribution < -0.4 is 0 Å². The quantitative estimate of drug-likeness (QED) is 0.647. The van der Waals surface area contributed by atoms with Crippen LogP contribution in [0.15, 0.2) is 0 Å². The lowest BCUT2D eigenvalue weighted by atomic mass is 10.0. The minimum Gasteiger partial charge on any atom is -0.302 e. The molecular weight excluding hydrogens is 160 g/mol. The first kappa shape index (κ1) is 9.02. The van der Waals surface area contributed by atoms with Crippen molar-refractivity contribution in [3.05, 3.63) is 0 Å². The van der Waals surface area contributed by atoms with Gasteiger partial charge in [-0.2, -0.15) is 5.26 Å². The van der Waals surface area contributed by atoms with Gasteiger partial charge in [0.05, 0.1) is 12.5 Å². The molecule has 2 aliphatic carbocycles. The molecule has 2 aliphatic rings. The molecule has 2 nitrogen and oxygen atoms in total. The van der Waals surface area contributed by atoms with Crippen LogP contribution in [-0.4, -0.2) is 24.5 Å². The molecule has 0 aromatic heterocycles. The van der Waals surface area contributed by atoms with E-state index < -0.39 is 0 Å². The van der Waals surface area contributed by atoms with Gasteiger partial charge in [-0.1, -0.05) is 12.8 Å². The topological polar surface area (TPSA) is 27.0 Å². The van der Waals surface area contributed by atoms with Gasteiger partial charge in [0.1, 0.15) is 0 Å². The molecule has 0 radical (unpaired) electrons. The third kappa shape index (κ3) is 1.10. The highest BCUT2D eigenvalue weighted by molar-refractivity contribution is 5.21. The monoisotopic (exact) mass is 178 g/mol. The van der Waals surface area contributed by atoms with E-state index in [2.05, 4.69) is 25.1 Å². The zero-order chi connectivity index (χ0) is 9.47. The summed E-state index contributed by atoms with van der Waals surface area (Å²) in [6, 6.07) is 2.37. The van der Waals surface area contributed by atoms with Crippen molar-refractivity contribution in [2.24, 2.45) is 11.8 Å². The Bertz CT molecular complexity index is 227. The molecule has 0 amide bonds. The maximum absolute atomic E-state index is 8.86. The van der Waals surface area contributed by atoms with Crippen molar-refractivity contribution in [1.29, 1.82) is 5.26 Å². The molecule has 2 saturated carbocycles. The maximum Gasteiger partial charge on any atom is 0.0641 e. The van der Waals surface area contributed by atoms with Crippen LogP contribution in [0.3, 0.4) is 0 Å². The van der Waals surface area contributed by atoms with E-state index in [1.807, 2.05) is 0 Å². The fraction of sp³-hybridized carbons (Fsp3) is 0.909. The van der Waals surface area contributed by atoms with Gasteiger partial charge in [-0.05, 0) is 38.8 Å². The Balaban J connectivity index is 2.14. The number of fused-ring (bicyclic) bond motifs is 1. The summed E-state index contributed by atoms with van der Waals surface area (Å²) in [5.74, 6) is 1.66. The van der Waals surface area contributed by atoms with Gasteiger partial charge in [0.15, 0.2) is 0 Å². The smallest absolute Gasteiger partial charge is 0.0641 e. The summed E-state index contributed by atoms with van der Waals surface area (Å²) in [7, 11) is 4.27. The van der Waals surface area contributed by atoms with E-state index in [0.717, 1.165) is 18.3 Å². The predicted molar refractivity (Wildman–Crippen MR) is 52.1 cm³/mol. The van der Waals surface area contributed by atoms with Gasteiger partial charge < -0.3 is 4.90 Å². The molecule has 0 bridgehead atoms. The fourth-order valence-corrected chi connectivity index (χ4v) is 3.43. The molecule has 0 heterocycles. The lowest BCUT2D eigenvalue weighted by Crippen LogP contribution is -2.33. The highest BCUT2D eigenvalue weighted by Gasteiger charge is 2.65. The highest BCUT2D eigenvalue weighted by atomic mass is 15.2. The zero-order valence-corrected chi connectivity index (χ0v) is 8.58. The molecule has 72 valence electrons. The fourth-order valence-electron chi connectivity index (χ4n) is 3.43. The van der Waals surface area contributed by atoms with Crippen molar-refractivity contribution in [3.8, 4) is 6.07 Å². The van der Waals surface area contributed by atoms with Gasteiger partial charge in [0.2, 0.25) is 0 Å². The van der Waals surface area contributed by atoms with Crippen LogP contribution in [-0.2, 0) is 0 Å². The number of nitriles is 1. The van der Waals surface area contributed by atoms with Crippen LogP contribution in [0.1, 0.15) is 32.1 Å². The van der Waals surface area contributed by atoms with Crippen LogP contribution >= 0.6 is 0 Å². The molecule has 2 rings (SSSR count). The minimum absolute atomic E-state index is 0.269. The number of hydrogen-bond acceptors (Lipinski definition) is 2. The van der Waals surface area contributed by atoms with Gasteiger partial charge in [-0.25, -0.2) is 0 Å². The average Bonchev–Trinajstić information content (AvgIpc) is 2.77. The van der Waals surface area contributed by atoms with Crippen LogP contribution in [0.2, 0.25) is 0 Å². The Hall–Kier alpha value is -0.550. The van der Waals surface area contributed by atoms with Gasteiger partial charge in [0, 0.05) is 5.54 Å². The molecule has 0 aromatic rings. The lowest BCUT2D eigenvalue weighted by Gasteiger charge is -2.23. The standard InChI is InChI=1S/C11H18N2/c1-13(2)11(7-8-12)9-5-3-4-6-10(9)11/h9-10H,3-7H2,1-2H3/t9-,10+,11?. The van der Waals surface area contributed by atoms with Crippen molar-refractivity contribution in [2.45, 2.75) is 37.6 Å². The van der Waals surface area contributed by atoms with Crippen molar-refractivity contribution in [1.82, 2.24) is 4.90 Å². The predicted octanol–water partition coefficient (Wildman–Crippen LogP) is 2.02. The zero-order valence-electron chi connectivity index (χ0n) is 8.58. The molecule has 1 unspecified atom stereocenters. The summed E-state index contributed by atoms with van der Waals surface area (Å²) in [5.41, 5.74) is 0.269. The van der Waals surface area contributed by atoms with E-state index in [0.29, 0.717) is 0 Å². The minimum atomic E-state index is 0.269. The van der Waals surface area contributed by atoms with E-state index in [1.54, 1.807) is 0 Å². The molecule has 0 aromatic carbocycles. The largest absolute Gasteiger partial charge is 0.302 e. The summed E-state index contributed by atoms with van der Waals surface area (Å²) in [6.07, 6.45) is 6.19. The first-order valence-corrected chi connectivity index (χ1v) is 5.28. The molecule has 0 N–H and O–H groups in total. The van der Waals surface area contributed by atoms with Crippen LogP contribution in [0, 0.1) is 23.2 Å². The Morgan fingerprint density at radius 1 is 1.31 bits per heavy atom. The molecule has 2 heteroatoms. The summed E-state index contributed by atoms with van der Waals surface area (Å²) < 4.78 is 0. The number of nitrogens with zero attached hydrogens (tertiary/aromatic N) is 2. The van der Waals surface area contributed by atoms with E-state index in [9.17, 15) is 0 Å². The van der Waals surface area contributed by atoms with Gasteiger partial charge in [-0.3, -0.25) is 0 Å². The van der Waals surface area contributed by atoms with Gasteiger partial charge in [0.25, 0.3) is 0 Å². The SMILES string of the molecule is CN(C)C1(CC#N)[C@@H]2CCCC[C@@H]21. The second kappa shape index (κ2) is 2.99. The van der Waals surface area contributed by atoms with Gasteiger partial charge >= 0.3 is 0 Å². The Morgan fingerprint density at radius 3 is 2.23 bits per heavy atom. The first-order valence-electron chi connectivity index (χ1n) is 5.28. The third-order valence-electron chi connectivity index (χ3n) is 4.14. The van der Waals surface area contributed by atoms with E-state index >= 15 is 0 Å². The molecule has 3 atom stereocenters. The Kier molecular flexibility index (Phi) is 2.08. The second-order valence-electron chi connectivity index (χ2n) is 4.72.